The molecule has 4 heteroatoms. The molecule has 0 saturated carbocycles. The van der Waals surface area contributed by atoms with Gasteiger partial charge in [0, 0.05) is 18.7 Å². The van der Waals surface area contributed by atoms with Gasteiger partial charge in [-0.2, -0.15) is 0 Å². The SMILES string of the molecule is CC(C)(C)NCc1ccc(OCC2CCCCO2)c(F)c1. The van der Waals surface area contributed by atoms with E-state index in [-0.39, 0.29) is 17.5 Å². The van der Waals surface area contributed by atoms with Gasteiger partial charge in [0.15, 0.2) is 11.6 Å². The van der Waals surface area contributed by atoms with Crippen molar-refractivity contribution in [2.45, 2.75) is 58.2 Å². The summed E-state index contributed by atoms with van der Waals surface area (Å²) in [6.07, 6.45) is 3.36. The minimum atomic E-state index is -0.306. The average Bonchev–Trinajstić information content (AvgIpc) is 2.44. The lowest BCUT2D eigenvalue weighted by Crippen LogP contribution is -2.35. The second kappa shape index (κ2) is 7.23. The molecule has 0 radical (unpaired) electrons. The van der Waals surface area contributed by atoms with Crippen LogP contribution in [0.3, 0.4) is 0 Å². The van der Waals surface area contributed by atoms with Crippen LogP contribution in [0.1, 0.15) is 45.6 Å². The number of benzene rings is 1. The van der Waals surface area contributed by atoms with Crippen molar-refractivity contribution in [3.05, 3.63) is 29.6 Å². The van der Waals surface area contributed by atoms with Gasteiger partial charge in [-0.25, -0.2) is 4.39 Å². The Morgan fingerprint density at radius 2 is 2.14 bits per heavy atom. The van der Waals surface area contributed by atoms with Gasteiger partial charge in [0.2, 0.25) is 0 Å². The predicted molar refractivity (Wildman–Crippen MR) is 82.1 cm³/mol. The molecule has 1 aromatic carbocycles. The second-order valence-electron chi connectivity index (χ2n) is 6.67. The number of ether oxygens (including phenoxy) is 2. The predicted octanol–water partition coefficient (Wildman–Crippen LogP) is 3.66. The Kier molecular flexibility index (Phi) is 5.59. The van der Waals surface area contributed by atoms with Crippen molar-refractivity contribution in [3.63, 3.8) is 0 Å². The first-order valence-corrected chi connectivity index (χ1v) is 7.72. The van der Waals surface area contributed by atoms with E-state index in [0.717, 1.165) is 31.4 Å². The maximum atomic E-state index is 14.0. The molecule has 0 bridgehead atoms. The van der Waals surface area contributed by atoms with Gasteiger partial charge in [-0.1, -0.05) is 6.07 Å². The van der Waals surface area contributed by atoms with Crippen molar-refractivity contribution >= 4 is 0 Å². The van der Waals surface area contributed by atoms with Gasteiger partial charge in [-0.15, -0.1) is 0 Å². The lowest BCUT2D eigenvalue weighted by molar-refractivity contribution is -0.0117. The van der Waals surface area contributed by atoms with E-state index in [1.54, 1.807) is 6.07 Å². The van der Waals surface area contributed by atoms with Crippen LogP contribution in [0, 0.1) is 5.82 Å². The van der Waals surface area contributed by atoms with E-state index >= 15 is 0 Å². The molecule has 1 aliphatic rings. The standard InChI is InChI=1S/C17H26FNO2/c1-17(2,3)19-11-13-7-8-16(15(18)10-13)21-12-14-6-4-5-9-20-14/h7-8,10,14,19H,4-6,9,11-12H2,1-3H3. The van der Waals surface area contributed by atoms with E-state index < -0.39 is 0 Å². The highest BCUT2D eigenvalue weighted by Crippen LogP contribution is 2.21. The van der Waals surface area contributed by atoms with Crippen LogP contribution in [0.5, 0.6) is 5.75 Å². The minimum absolute atomic E-state index is 0.0178. The van der Waals surface area contributed by atoms with Gasteiger partial charge >= 0.3 is 0 Å². The Labute approximate surface area is 126 Å². The van der Waals surface area contributed by atoms with Crippen molar-refractivity contribution in [2.24, 2.45) is 0 Å². The van der Waals surface area contributed by atoms with Gasteiger partial charge in [0.05, 0.1) is 6.10 Å². The molecule has 0 aliphatic carbocycles. The van der Waals surface area contributed by atoms with Crippen LogP contribution in [0.25, 0.3) is 0 Å². The highest BCUT2D eigenvalue weighted by atomic mass is 19.1. The maximum absolute atomic E-state index is 14.0. The van der Waals surface area contributed by atoms with E-state index in [0.29, 0.717) is 18.9 Å². The number of hydrogen-bond donors (Lipinski definition) is 1. The molecule has 118 valence electrons. The van der Waals surface area contributed by atoms with Crippen LogP contribution in [0.2, 0.25) is 0 Å². The summed E-state index contributed by atoms with van der Waals surface area (Å²) in [6, 6.07) is 5.15. The lowest BCUT2D eigenvalue weighted by Gasteiger charge is -2.23. The van der Waals surface area contributed by atoms with Crippen LogP contribution in [-0.4, -0.2) is 24.9 Å². The Morgan fingerprint density at radius 1 is 1.33 bits per heavy atom. The summed E-state index contributed by atoms with van der Waals surface area (Å²) < 4.78 is 25.2. The van der Waals surface area contributed by atoms with Crippen LogP contribution < -0.4 is 10.1 Å². The second-order valence-corrected chi connectivity index (χ2v) is 6.67. The third-order valence-electron chi connectivity index (χ3n) is 3.52. The number of hydrogen-bond acceptors (Lipinski definition) is 3. The van der Waals surface area contributed by atoms with E-state index in [9.17, 15) is 4.39 Å². The van der Waals surface area contributed by atoms with Crippen LogP contribution in [0.15, 0.2) is 18.2 Å². The summed E-state index contributed by atoms with van der Waals surface area (Å²) in [5, 5.41) is 3.34. The maximum Gasteiger partial charge on any atom is 0.165 e. The van der Waals surface area contributed by atoms with Gasteiger partial charge < -0.3 is 14.8 Å². The van der Waals surface area contributed by atoms with E-state index in [4.69, 9.17) is 9.47 Å². The third-order valence-corrected chi connectivity index (χ3v) is 3.52. The summed E-state index contributed by atoms with van der Waals surface area (Å²) in [4.78, 5) is 0. The van der Waals surface area contributed by atoms with Crippen molar-refractivity contribution in [1.82, 2.24) is 5.32 Å². The average molecular weight is 295 g/mol. The first-order chi connectivity index (χ1) is 9.94. The molecule has 0 aromatic heterocycles. The first-order valence-electron chi connectivity index (χ1n) is 7.72. The number of nitrogens with one attached hydrogen (secondary N) is 1. The molecule has 21 heavy (non-hydrogen) atoms. The zero-order chi connectivity index (χ0) is 15.3. The molecular weight excluding hydrogens is 269 g/mol. The highest BCUT2D eigenvalue weighted by molar-refractivity contribution is 5.29. The van der Waals surface area contributed by atoms with Crippen LogP contribution >= 0.6 is 0 Å². The smallest absolute Gasteiger partial charge is 0.165 e. The van der Waals surface area contributed by atoms with E-state index in [1.807, 2.05) is 6.07 Å². The van der Waals surface area contributed by atoms with Crippen molar-refractivity contribution < 1.29 is 13.9 Å². The zero-order valence-corrected chi connectivity index (χ0v) is 13.2. The molecule has 0 amide bonds. The topological polar surface area (TPSA) is 30.5 Å². The Balaban J connectivity index is 1.86. The summed E-state index contributed by atoms with van der Waals surface area (Å²) in [5.41, 5.74) is 0.938. The normalized spacial score (nSPS) is 19.5. The summed E-state index contributed by atoms with van der Waals surface area (Å²) in [7, 11) is 0. The van der Waals surface area contributed by atoms with Crippen molar-refractivity contribution in [1.29, 1.82) is 0 Å². The fraction of sp³-hybridized carbons (Fsp3) is 0.647. The lowest BCUT2D eigenvalue weighted by atomic mass is 10.1. The number of halogens is 1. The summed E-state index contributed by atoms with van der Waals surface area (Å²) in [6.45, 7) is 8.12. The zero-order valence-electron chi connectivity index (χ0n) is 13.2. The van der Waals surface area contributed by atoms with Gasteiger partial charge in [-0.3, -0.25) is 0 Å². The number of rotatable bonds is 5. The molecule has 1 aliphatic heterocycles. The Hall–Kier alpha value is -1.13. The largest absolute Gasteiger partial charge is 0.488 e. The molecule has 1 fully saturated rings. The van der Waals surface area contributed by atoms with Crippen LogP contribution in [-0.2, 0) is 11.3 Å². The third kappa shape index (κ3) is 5.64. The monoisotopic (exact) mass is 295 g/mol. The molecular formula is C17H26FNO2. The van der Waals surface area contributed by atoms with E-state index in [1.165, 1.54) is 6.07 Å². The highest BCUT2D eigenvalue weighted by Gasteiger charge is 2.16. The molecule has 0 spiro atoms. The Bertz CT molecular complexity index is 451. The molecule has 3 nitrogen and oxygen atoms in total. The Morgan fingerprint density at radius 3 is 2.76 bits per heavy atom. The van der Waals surface area contributed by atoms with Gasteiger partial charge in [-0.05, 0) is 57.7 Å². The minimum Gasteiger partial charge on any atom is -0.488 e. The quantitative estimate of drug-likeness (QED) is 0.899. The van der Waals surface area contributed by atoms with E-state index in [2.05, 4.69) is 26.1 Å². The van der Waals surface area contributed by atoms with Crippen LogP contribution in [0.4, 0.5) is 4.39 Å². The fourth-order valence-corrected chi connectivity index (χ4v) is 2.26. The van der Waals surface area contributed by atoms with Crippen molar-refractivity contribution in [2.75, 3.05) is 13.2 Å². The molecule has 1 saturated heterocycles. The summed E-state index contributed by atoms with van der Waals surface area (Å²) in [5.74, 6) is 0.00250. The van der Waals surface area contributed by atoms with Gasteiger partial charge in [0.1, 0.15) is 6.61 Å². The fourth-order valence-electron chi connectivity index (χ4n) is 2.26. The molecule has 1 heterocycles. The molecule has 1 N–H and O–H groups in total. The molecule has 1 unspecified atom stereocenters. The van der Waals surface area contributed by atoms with Crippen molar-refractivity contribution in [3.8, 4) is 5.75 Å². The summed E-state index contributed by atoms with van der Waals surface area (Å²) >= 11 is 0. The molecule has 1 aromatic rings. The first kappa shape index (κ1) is 16.2. The molecule has 2 rings (SSSR count). The molecule has 1 atom stereocenters. The van der Waals surface area contributed by atoms with Gasteiger partial charge in [0.25, 0.3) is 0 Å².